The lowest BCUT2D eigenvalue weighted by atomic mass is 9.98. The van der Waals surface area contributed by atoms with Gasteiger partial charge in [-0.25, -0.2) is 0 Å². The van der Waals surface area contributed by atoms with E-state index in [1.165, 1.54) is 44.1 Å². The highest BCUT2D eigenvalue weighted by molar-refractivity contribution is 5.10. The average Bonchev–Trinajstić information content (AvgIpc) is 3.06. The first-order valence-electron chi connectivity index (χ1n) is 7.32. The summed E-state index contributed by atoms with van der Waals surface area (Å²) in [6, 6.07) is 2.17. The van der Waals surface area contributed by atoms with E-state index in [0.717, 1.165) is 19.5 Å². The Labute approximate surface area is 109 Å². The molecule has 3 nitrogen and oxygen atoms in total. The average molecular weight is 248 g/mol. The lowest BCUT2D eigenvalue weighted by Crippen LogP contribution is -2.26. The summed E-state index contributed by atoms with van der Waals surface area (Å²) in [6.45, 7) is 1.74. The molecule has 1 aromatic heterocycles. The van der Waals surface area contributed by atoms with E-state index in [1.807, 2.05) is 0 Å². The summed E-state index contributed by atoms with van der Waals surface area (Å²) in [6.07, 6.45) is 13.6. The van der Waals surface area contributed by atoms with Crippen molar-refractivity contribution < 1.29 is 4.74 Å². The highest BCUT2D eigenvalue weighted by atomic mass is 16.5. The van der Waals surface area contributed by atoms with E-state index in [1.54, 1.807) is 0 Å². The van der Waals surface area contributed by atoms with Crippen LogP contribution in [0.15, 0.2) is 18.5 Å². The van der Waals surface area contributed by atoms with Crippen LogP contribution in [0.4, 0.5) is 0 Å². The first kappa shape index (κ1) is 12.2. The van der Waals surface area contributed by atoms with Gasteiger partial charge in [-0.05, 0) is 50.3 Å². The van der Waals surface area contributed by atoms with E-state index in [-0.39, 0.29) is 5.60 Å². The highest BCUT2D eigenvalue weighted by Gasteiger charge is 2.41. The minimum Gasteiger partial charge on any atom is -0.370 e. The van der Waals surface area contributed by atoms with Gasteiger partial charge in [0.2, 0.25) is 0 Å². The van der Waals surface area contributed by atoms with Gasteiger partial charge in [0.05, 0.1) is 11.7 Å². The highest BCUT2D eigenvalue weighted by Crippen LogP contribution is 2.43. The molecule has 18 heavy (non-hydrogen) atoms. The van der Waals surface area contributed by atoms with Gasteiger partial charge < -0.3 is 15.0 Å². The molecule has 1 unspecified atom stereocenters. The van der Waals surface area contributed by atoms with Gasteiger partial charge in [0.25, 0.3) is 0 Å². The van der Waals surface area contributed by atoms with E-state index < -0.39 is 0 Å². The minimum absolute atomic E-state index is 0.262. The second-order valence-corrected chi connectivity index (χ2v) is 5.92. The molecule has 0 bridgehead atoms. The Hall–Kier alpha value is -0.800. The normalized spacial score (nSPS) is 26.2. The Morgan fingerprint density at radius 3 is 2.94 bits per heavy atom. The topological polar surface area (TPSA) is 40.2 Å². The number of ether oxygens (including phenoxy) is 1. The molecule has 1 atom stereocenters. The fourth-order valence-corrected chi connectivity index (χ4v) is 3.56. The van der Waals surface area contributed by atoms with Crippen LogP contribution in [0.3, 0.4) is 0 Å². The first-order chi connectivity index (χ1) is 8.80. The second kappa shape index (κ2) is 5.06. The van der Waals surface area contributed by atoms with Gasteiger partial charge in [0.1, 0.15) is 0 Å². The zero-order chi connectivity index (χ0) is 12.4. The van der Waals surface area contributed by atoms with Crippen LogP contribution in [0.1, 0.15) is 44.1 Å². The van der Waals surface area contributed by atoms with Gasteiger partial charge in [0.15, 0.2) is 0 Å². The lowest BCUT2D eigenvalue weighted by molar-refractivity contribution is -0.0417. The van der Waals surface area contributed by atoms with E-state index in [4.69, 9.17) is 10.5 Å². The number of hydrogen-bond donors (Lipinski definition) is 1. The van der Waals surface area contributed by atoms with Crippen molar-refractivity contribution in [3.8, 4) is 0 Å². The van der Waals surface area contributed by atoms with Crippen LogP contribution in [0, 0.1) is 0 Å². The maximum Gasteiger partial charge on any atom is 0.0762 e. The molecule has 3 rings (SSSR count). The van der Waals surface area contributed by atoms with Crippen molar-refractivity contribution in [2.24, 2.45) is 5.73 Å². The van der Waals surface area contributed by atoms with Crippen molar-refractivity contribution in [2.75, 3.05) is 6.54 Å². The smallest absolute Gasteiger partial charge is 0.0762 e. The fraction of sp³-hybridized carbons (Fsp3) is 0.733. The Balaban J connectivity index is 1.56. The maximum atomic E-state index is 6.34. The summed E-state index contributed by atoms with van der Waals surface area (Å²) in [7, 11) is 0. The summed E-state index contributed by atoms with van der Waals surface area (Å²) in [4.78, 5) is 0. The lowest BCUT2D eigenvalue weighted by Gasteiger charge is -2.24. The van der Waals surface area contributed by atoms with Crippen LogP contribution in [0.5, 0.6) is 0 Å². The first-order valence-corrected chi connectivity index (χ1v) is 7.32. The van der Waals surface area contributed by atoms with Crippen LogP contribution in [-0.2, 0) is 17.7 Å². The molecular weight excluding hydrogens is 224 g/mol. The van der Waals surface area contributed by atoms with Crippen LogP contribution >= 0.6 is 0 Å². The SMILES string of the molecule is NCCc1ccn(CC2CCC3(CCCC3)O2)c1. The Morgan fingerprint density at radius 2 is 2.17 bits per heavy atom. The number of aromatic nitrogens is 1. The minimum atomic E-state index is 0.262. The maximum absolute atomic E-state index is 6.34. The van der Waals surface area contributed by atoms with Crippen molar-refractivity contribution in [1.29, 1.82) is 0 Å². The van der Waals surface area contributed by atoms with Crippen molar-refractivity contribution >= 4 is 0 Å². The van der Waals surface area contributed by atoms with Crippen molar-refractivity contribution in [3.63, 3.8) is 0 Å². The van der Waals surface area contributed by atoms with E-state index in [9.17, 15) is 0 Å². The largest absolute Gasteiger partial charge is 0.370 e. The second-order valence-electron chi connectivity index (χ2n) is 5.92. The molecule has 1 saturated heterocycles. The predicted octanol–water partition coefficient (Wildman–Crippen LogP) is 2.48. The molecule has 2 N–H and O–H groups in total. The number of nitrogens with two attached hydrogens (primary N) is 1. The molecule has 1 spiro atoms. The summed E-state index contributed by atoms with van der Waals surface area (Å²) in [5.41, 5.74) is 7.18. The third-order valence-electron chi connectivity index (χ3n) is 4.51. The van der Waals surface area contributed by atoms with Gasteiger partial charge in [-0.15, -0.1) is 0 Å². The molecule has 1 aromatic rings. The van der Waals surface area contributed by atoms with E-state index in [2.05, 4.69) is 23.0 Å². The molecule has 0 amide bonds. The predicted molar refractivity (Wildman–Crippen MR) is 72.5 cm³/mol. The Bertz CT molecular complexity index is 393. The van der Waals surface area contributed by atoms with Gasteiger partial charge in [-0.2, -0.15) is 0 Å². The summed E-state index contributed by atoms with van der Waals surface area (Å²) in [5.74, 6) is 0. The number of hydrogen-bond acceptors (Lipinski definition) is 2. The number of nitrogens with zero attached hydrogens (tertiary/aromatic N) is 1. The Morgan fingerprint density at radius 1 is 1.33 bits per heavy atom. The standard InChI is InChI=1S/C15H24N2O/c16-9-4-13-5-10-17(11-13)12-14-3-8-15(18-14)6-1-2-7-15/h5,10-11,14H,1-4,6-9,12,16H2. The van der Waals surface area contributed by atoms with E-state index in [0.29, 0.717) is 6.10 Å². The molecule has 1 aliphatic carbocycles. The van der Waals surface area contributed by atoms with E-state index >= 15 is 0 Å². The van der Waals surface area contributed by atoms with Crippen LogP contribution in [0.25, 0.3) is 0 Å². The molecule has 1 saturated carbocycles. The van der Waals surface area contributed by atoms with Crippen molar-refractivity contribution in [1.82, 2.24) is 4.57 Å². The zero-order valence-electron chi connectivity index (χ0n) is 11.1. The summed E-state index contributed by atoms with van der Waals surface area (Å²) in [5, 5.41) is 0. The molecule has 2 fully saturated rings. The quantitative estimate of drug-likeness (QED) is 0.889. The van der Waals surface area contributed by atoms with Gasteiger partial charge in [0, 0.05) is 18.9 Å². The van der Waals surface area contributed by atoms with Crippen LogP contribution in [-0.4, -0.2) is 22.8 Å². The fourth-order valence-electron chi connectivity index (χ4n) is 3.56. The Kier molecular flexibility index (Phi) is 3.44. The zero-order valence-corrected chi connectivity index (χ0v) is 11.1. The molecule has 100 valence electrons. The third kappa shape index (κ3) is 2.47. The monoisotopic (exact) mass is 248 g/mol. The van der Waals surface area contributed by atoms with Gasteiger partial charge in [-0.3, -0.25) is 0 Å². The van der Waals surface area contributed by atoms with Crippen molar-refractivity contribution in [2.45, 2.75) is 63.2 Å². The molecule has 2 aliphatic rings. The third-order valence-corrected chi connectivity index (χ3v) is 4.51. The summed E-state index contributed by atoms with van der Waals surface area (Å²) >= 11 is 0. The van der Waals surface area contributed by atoms with Gasteiger partial charge in [-0.1, -0.05) is 12.8 Å². The molecule has 0 radical (unpaired) electrons. The molecule has 1 aliphatic heterocycles. The molecular formula is C15H24N2O. The van der Waals surface area contributed by atoms with Crippen LogP contribution < -0.4 is 5.73 Å². The summed E-state index contributed by atoms with van der Waals surface area (Å²) < 4.78 is 8.61. The molecule has 3 heteroatoms. The molecule has 2 heterocycles. The van der Waals surface area contributed by atoms with Crippen LogP contribution in [0.2, 0.25) is 0 Å². The number of rotatable bonds is 4. The molecule has 0 aromatic carbocycles. The van der Waals surface area contributed by atoms with Crippen molar-refractivity contribution in [3.05, 3.63) is 24.0 Å². The van der Waals surface area contributed by atoms with Gasteiger partial charge >= 0.3 is 0 Å².